The number of piperidine rings is 1. The van der Waals surface area contributed by atoms with Crippen molar-refractivity contribution in [3.05, 3.63) is 42.1 Å². The fourth-order valence-electron chi connectivity index (χ4n) is 3.14. The zero-order valence-corrected chi connectivity index (χ0v) is 12.0. The van der Waals surface area contributed by atoms with E-state index in [1.807, 2.05) is 23.1 Å². The molecule has 7 nitrogen and oxygen atoms in total. The van der Waals surface area contributed by atoms with Crippen LogP contribution in [0.5, 0.6) is 0 Å². The summed E-state index contributed by atoms with van der Waals surface area (Å²) in [5.74, 6) is 0.765. The Morgan fingerprint density at radius 2 is 2.18 bits per heavy atom. The highest BCUT2D eigenvalue weighted by atomic mass is 16.2. The molecule has 1 aromatic carbocycles. The fraction of sp³-hybridized carbons (Fsp3) is 0.333. The first-order valence-electron chi connectivity index (χ1n) is 7.43. The second-order valence-corrected chi connectivity index (χ2v) is 5.52. The van der Waals surface area contributed by atoms with Crippen LogP contribution < -0.4 is 0 Å². The highest BCUT2D eigenvalue weighted by Gasteiger charge is 2.31. The molecule has 1 saturated heterocycles. The van der Waals surface area contributed by atoms with Crippen LogP contribution in [0.4, 0.5) is 0 Å². The Hall–Kier alpha value is -2.70. The van der Waals surface area contributed by atoms with Gasteiger partial charge in [-0.1, -0.05) is 12.1 Å². The first-order chi connectivity index (χ1) is 10.8. The summed E-state index contributed by atoms with van der Waals surface area (Å²) in [6, 6.07) is 5.63. The number of hydrogen-bond acceptors (Lipinski definition) is 4. The molecule has 4 rings (SSSR count). The summed E-state index contributed by atoms with van der Waals surface area (Å²) >= 11 is 0. The van der Waals surface area contributed by atoms with E-state index in [4.69, 9.17) is 0 Å². The van der Waals surface area contributed by atoms with Crippen LogP contribution in [-0.2, 0) is 0 Å². The van der Waals surface area contributed by atoms with Crippen LogP contribution in [-0.4, -0.2) is 42.7 Å². The largest absolute Gasteiger partial charge is 0.328 e. The van der Waals surface area contributed by atoms with Gasteiger partial charge in [0.05, 0.1) is 23.3 Å². The molecule has 0 saturated carbocycles. The van der Waals surface area contributed by atoms with Crippen molar-refractivity contribution < 1.29 is 4.79 Å². The average Bonchev–Trinajstić information content (AvgIpc) is 3.25. The molecule has 0 unspecified atom stereocenters. The van der Waals surface area contributed by atoms with E-state index in [0.29, 0.717) is 5.56 Å². The Morgan fingerprint density at radius 3 is 3.05 bits per heavy atom. The van der Waals surface area contributed by atoms with Gasteiger partial charge in [0.1, 0.15) is 12.2 Å². The highest BCUT2D eigenvalue weighted by Crippen LogP contribution is 2.31. The maximum absolute atomic E-state index is 13.0. The third kappa shape index (κ3) is 2.05. The molecule has 1 aliphatic heterocycles. The van der Waals surface area contributed by atoms with Crippen LogP contribution in [0.3, 0.4) is 0 Å². The van der Waals surface area contributed by atoms with Gasteiger partial charge in [0.25, 0.3) is 5.91 Å². The number of likely N-dealkylation sites (tertiary alicyclic amines) is 1. The van der Waals surface area contributed by atoms with Crippen LogP contribution in [0.15, 0.2) is 30.7 Å². The van der Waals surface area contributed by atoms with E-state index in [0.717, 1.165) is 42.5 Å². The Kier molecular flexibility index (Phi) is 3.10. The first-order valence-corrected chi connectivity index (χ1v) is 7.43. The van der Waals surface area contributed by atoms with Crippen molar-refractivity contribution in [2.75, 3.05) is 6.54 Å². The number of rotatable bonds is 2. The maximum atomic E-state index is 13.0. The van der Waals surface area contributed by atoms with Crippen molar-refractivity contribution in [2.45, 2.75) is 25.3 Å². The Balaban J connectivity index is 1.72. The third-order valence-electron chi connectivity index (χ3n) is 4.22. The molecular weight excluding hydrogens is 280 g/mol. The predicted molar refractivity (Wildman–Crippen MR) is 80.1 cm³/mol. The second-order valence-electron chi connectivity index (χ2n) is 5.52. The van der Waals surface area contributed by atoms with Gasteiger partial charge in [-0.3, -0.25) is 15.0 Å². The average molecular weight is 296 g/mol. The van der Waals surface area contributed by atoms with Gasteiger partial charge in [-0.05, 0) is 25.3 Å². The Morgan fingerprint density at radius 1 is 1.23 bits per heavy atom. The summed E-state index contributed by atoms with van der Waals surface area (Å²) in [5, 5.41) is 14.7. The Bertz CT molecular complexity index is 793. The molecule has 1 atom stereocenters. The summed E-state index contributed by atoms with van der Waals surface area (Å²) in [4.78, 5) is 19.2. The molecule has 112 valence electrons. The molecular formula is C15H16N6O. The lowest BCUT2D eigenvalue weighted by Crippen LogP contribution is -2.39. The van der Waals surface area contributed by atoms with E-state index in [-0.39, 0.29) is 11.9 Å². The minimum Gasteiger partial charge on any atom is -0.328 e. The van der Waals surface area contributed by atoms with Crippen molar-refractivity contribution in [3.8, 4) is 0 Å². The molecule has 3 aromatic rings. The maximum Gasteiger partial charge on any atom is 0.256 e. The fourth-order valence-corrected chi connectivity index (χ4v) is 3.14. The molecule has 7 heteroatoms. The van der Waals surface area contributed by atoms with Gasteiger partial charge < -0.3 is 4.90 Å². The number of benzene rings is 1. The summed E-state index contributed by atoms with van der Waals surface area (Å²) in [6.07, 6.45) is 6.22. The molecule has 1 aliphatic rings. The molecule has 1 fully saturated rings. The van der Waals surface area contributed by atoms with Crippen molar-refractivity contribution in [3.63, 3.8) is 0 Å². The van der Waals surface area contributed by atoms with Gasteiger partial charge in [0.15, 0.2) is 0 Å². The number of nitrogens with zero attached hydrogens (tertiary/aromatic N) is 4. The molecule has 2 aromatic heterocycles. The van der Waals surface area contributed by atoms with Crippen LogP contribution >= 0.6 is 0 Å². The van der Waals surface area contributed by atoms with Gasteiger partial charge >= 0.3 is 0 Å². The number of aromatic amines is 2. The van der Waals surface area contributed by atoms with Crippen molar-refractivity contribution >= 4 is 16.8 Å². The highest BCUT2D eigenvalue weighted by molar-refractivity contribution is 6.05. The van der Waals surface area contributed by atoms with Crippen molar-refractivity contribution in [1.82, 2.24) is 30.3 Å². The third-order valence-corrected chi connectivity index (χ3v) is 4.22. The Labute approximate surface area is 126 Å². The van der Waals surface area contributed by atoms with Gasteiger partial charge in [0.2, 0.25) is 0 Å². The van der Waals surface area contributed by atoms with Crippen LogP contribution in [0.2, 0.25) is 0 Å². The normalized spacial score (nSPS) is 18.7. The molecule has 1 amide bonds. The molecule has 0 bridgehead atoms. The number of hydrogen-bond donors (Lipinski definition) is 2. The SMILES string of the molecule is O=C(c1cccc2cn[nH]c12)N1CCCC[C@H]1c1ncn[nH]1. The van der Waals surface area contributed by atoms with Crippen LogP contribution in [0.1, 0.15) is 41.5 Å². The molecule has 22 heavy (non-hydrogen) atoms. The van der Waals surface area contributed by atoms with E-state index in [1.54, 1.807) is 6.20 Å². The molecule has 2 N–H and O–H groups in total. The lowest BCUT2D eigenvalue weighted by atomic mass is 9.99. The number of aromatic nitrogens is 5. The number of carbonyl (C=O) groups excluding carboxylic acids is 1. The number of amides is 1. The number of carbonyl (C=O) groups is 1. The quantitative estimate of drug-likeness (QED) is 0.757. The van der Waals surface area contributed by atoms with Crippen molar-refractivity contribution in [1.29, 1.82) is 0 Å². The first kappa shape index (κ1) is 13.0. The van der Waals surface area contributed by atoms with Crippen LogP contribution in [0.25, 0.3) is 10.9 Å². The molecule has 3 heterocycles. The molecule has 0 radical (unpaired) electrons. The summed E-state index contributed by atoms with van der Waals surface area (Å²) in [5.41, 5.74) is 1.44. The molecule has 0 aliphatic carbocycles. The second kappa shape index (κ2) is 5.25. The van der Waals surface area contributed by atoms with Crippen LogP contribution in [0, 0.1) is 0 Å². The van der Waals surface area contributed by atoms with E-state index in [1.165, 1.54) is 6.33 Å². The van der Waals surface area contributed by atoms with Gasteiger partial charge in [-0.15, -0.1) is 0 Å². The van der Waals surface area contributed by atoms with Crippen molar-refractivity contribution in [2.24, 2.45) is 0 Å². The van der Waals surface area contributed by atoms with E-state index >= 15 is 0 Å². The topological polar surface area (TPSA) is 90.6 Å². The summed E-state index contributed by atoms with van der Waals surface area (Å²) in [7, 11) is 0. The zero-order valence-electron chi connectivity index (χ0n) is 12.0. The van der Waals surface area contributed by atoms with Gasteiger partial charge in [0, 0.05) is 11.9 Å². The zero-order chi connectivity index (χ0) is 14.9. The standard InChI is InChI=1S/C15H16N6O/c22-15(11-5-3-4-10-8-17-19-13(10)11)21-7-2-1-6-12(21)14-16-9-18-20-14/h3-5,8-9,12H,1-2,6-7H2,(H,17,19)(H,16,18,20)/t12-/m0/s1. The summed E-state index contributed by atoms with van der Waals surface area (Å²) in [6.45, 7) is 0.731. The molecule has 0 spiro atoms. The lowest BCUT2D eigenvalue weighted by Gasteiger charge is -2.34. The number of fused-ring (bicyclic) bond motifs is 1. The minimum atomic E-state index is -0.0399. The van der Waals surface area contributed by atoms with Gasteiger partial charge in [-0.25, -0.2) is 4.98 Å². The van der Waals surface area contributed by atoms with E-state index in [9.17, 15) is 4.79 Å². The monoisotopic (exact) mass is 296 g/mol. The predicted octanol–water partition coefficient (Wildman–Crippen LogP) is 2.05. The number of H-pyrrole nitrogens is 2. The minimum absolute atomic E-state index is 0.0101. The smallest absolute Gasteiger partial charge is 0.256 e. The number of para-hydroxylation sites is 1. The number of nitrogens with one attached hydrogen (secondary N) is 2. The van der Waals surface area contributed by atoms with Gasteiger partial charge in [-0.2, -0.15) is 10.2 Å². The van der Waals surface area contributed by atoms with E-state index < -0.39 is 0 Å². The lowest BCUT2D eigenvalue weighted by molar-refractivity contribution is 0.0602. The summed E-state index contributed by atoms with van der Waals surface area (Å²) < 4.78 is 0. The van der Waals surface area contributed by atoms with E-state index in [2.05, 4.69) is 25.4 Å².